The molecule has 0 amide bonds. The van der Waals surface area contributed by atoms with E-state index < -0.39 is 0 Å². The van der Waals surface area contributed by atoms with E-state index >= 15 is 0 Å². The molecule has 0 spiro atoms. The minimum atomic E-state index is -0.374. The maximum atomic E-state index is 12.8. The molecule has 1 aliphatic heterocycles. The van der Waals surface area contributed by atoms with Crippen molar-refractivity contribution >= 4 is 5.78 Å². The summed E-state index contributed by atoms with van der Waals surface area (Å²) in [6.07, 6.45) is -0.117. The molecule has 1 atom stereocenters. The van der Waals surface area contributed by atoms with Crippen molar-refractivity contribution in [1.29, 1.82) is 0 Å². The van der Waals surface area contributed by atoms with Gasteiger partial charge in [0.15, 0.2) is 5.78 Å². The van der Waals surface area contributed by atoms with Crippen LogP contribution >= 0.6 is 0 Å². The summed E-state index contributed by atoms with van der Waals surface area (Å²) >= 11 is 0. The Bertz CT molecular complexity index is 360. The van der Waals surface area contributed by atoms with E-state index in [4.69, 9.17) is 4.74 Å². The highest BCUT2D eigenvalue weighted by atomic mass is 19.1. The van der Waals surface area contributed by atoms with Gasteiger partial charge in [-0.15, -0.1) is 0 Å². The third-order valence-electron chi connectivity index (χ3n) is 2.22. The molecule has 68 valence electrons. The molecule has 1 aromatic carbocycles. The van der Waals surface area contributed by atoms with Crippen molar-refractivity contribution in [2.75, 3.05) is 6.61 Å². The summed E-state index contributed by atoms with van der Waals surface area (Å²) in [5, 5.41) is 0. The topological polar surface area (TPSA) is 26.3 Å². The molecule has 1 unspecified atom stereocenters. The summed E-state index contributed by atoms with van der Waals surface area (Å²) in [5.41, 5.74) is 1.23. The van der Waals surface area contributed by atoms with Gasteiger partial charge in [-0.3, -0.25) is 4.79 Å². The predicted octanol–water partition coefficient (Wildman–Crippen LogP) is 2.10. The van der Waals surface area contributed by atoms with Crippen LogP contribution in [0.3, 0.4) is 0 Å². The first-order chi connectivity index (χ1) is 6.18. The Morgan fingerprint density at radius 1 is 1.54 bits per heavy atom. The summed E-state index contributed by atoms with van der Waals surface area (Å²) in [5.74, 6) is -0.520. The molecule has 0 saturated carbocycles. The van der Waals surface area contributed by atoms with Crippen LogP contribution in [0, 0.1) is 5.82 Å². The van der Waals surface area contributed by atoms with Gasteiger partial charge in [0.25, 0.3) is 0 Å². The fraction of sp³-hybridized carbons (Fsp3) is 0.300. The van der Waals surface area contributed by atoms with Crippen molar-refractivity contribution in [2.24, 2.45) is 0 Å². The monoisotopic (exact) mass is 180 g/mol. The van der Waals surface area contributed by atoms with Gasteiger partial charge in [0, 0.05) is 5.56 Å². The summed E-state index contributed by atoms with van der Waals surface area (Å²) in [6.45, 7) is 1.90. The average Bonchev–Trinajstić information content (AvgIpc) is 2.12. The van der Waals surface area contributed by atoms with Gasteiger partial charge in [-0.05, 0) is 24.6 Å². The van der Waals surface area contributed by atoms with Crippen molar-refractivity contribution in [1.82, 2.24) is 0 Å². The van der Waals surface area contributed by atoms with Crippen LogP contribution in [0.4, 0.5) is 4.39 Å². The molecule has 0 saturated heterocycles. The second kappa shape index (κ2) is 2.92. The molecule has 0 aromatic heterocycles. The number of Topliss-reactive ketones (excluding diaryl/α,β-unsaturated/α-hetero) is 1. The van der Waals surface area contributed by atoms with E-state index in [0.29, 0.717) is 5.56 Å². The number of carbonyl (C=O) groups excluding carboxylic acids is 1. The summed E-state index contributed by atoms with van der Waals surface area (Å²) in [7, 11) is 0. The fourth-order valence-corrected chi connectivity index (χ4v) is 1.49. The number of hydrogen-bond acceptors (Lipinski definition) is 2. The number of benzene rings is 1. The average molecular weight is 180 g/mol. The highest BCUT2D eigenvalue weighted by Crippen LogP contribution is 2.26. The fourth-order valence-electron chi connectivity index (χ4n) is 1.49. The van der Waals surface area contributed by atoms with Gasteiger partial charge in [-0.1, -0.05) is 6.07 Å². The highest BCUT2D eigenvalue weighted by molar-refractivity contribution is 5.99. The van der Waals surface area contributed by atoms with Gasteiger partial charge in [-0.25, -0.2) is 4.39 Å². The summed E-state index contributed by atoms with van der Waals surface area (Å²) < 4.78 is 18.0. The molecule has 1 aliphatic rings. The van der Waals surface area contributed by atoms with Crippen LogP contribution in [0.1, 0.15) is 28.9 Å². The lowest BCUT2D eigenvalue weighted by Crippen LogP contribution is -2.21. The molecule has 0 aliphatic carbocycles. The normalized spacial score (nSPS) is 21.4. The number of ketones is 1. The number of hydrogen-bond donors (Lipinski definition) is 0. The molecular weight excluding hydrogens is 171 g/mol. The first-order valence-corrected chi connectivity index (χ1v) is 4.13. The van der Waals surface area contributed by atoms with E-state index in [2.05, 4.69) is 0 Å². The lowest BCUT2D eigenvalue weighted by molar-refractivity contribution is 0.0435. The first-order valence-electron chi connectivity index (χ1n) is 4.13. The lowest BCUT2D eigenvalue weighted by atomic mass is 9.97. The van der Waals surface area contributed by atoms with Gasteiger partial charge >= 0.3 is 0 Å². The number of rotatable bonds is 0. The molecule has 2 nitrogen and oxygen atoms in total. The van der Waals surface area contributed by atoms with E-state index in [1.807, 2.05) is 6.92 Å². The van der Waals surface area contributed by atoms with E-state index in [0.717, 1.165) is 5.56 Å². The van der Waals surface area contributed by atoms with Gasteiger partial charge in [0.2, 0.25) is 0 Å². The number of halogens is 1. The lowest BCUT2D eigenvalue weighted by Gasteiger charge is -2.21. The zero-order valence-electron chi connectivity index (χ0n) is 7.21. The van der Waals surface area contributed by atoms with Crippen molar-refractivity contribution in [3.63, 3.8) is 0 Å². The van der Waals surface area contributed by atoms with Crippen molar-refractivity contribution in [3.05, 3.63) is 35.1 Å². The Morgan fingerprint density at radius 2 is 2.31 bits per heavy atom. The molecule has 3 heteroatoms. The number of carbonyl (C=O) groups is 1. The van der Waals surface area contributed by atoms with Crippen LogP contribution in [-0.4, -0.2) is 12.4 Å². The zero-order chi connectivity index (χ0) is 9.42. The van der Waals surface area contributed by atoms with Gasteiger partial charge < -0.3 is 4.74 Å². The summed E-state index contributed by atoms with van der Waals surface area (Å²) in [6, 6.07) is 4.22. The second-order valence-corrected chi connectivity index (χ2v) is 3.11. The van der Waals surface area contributed by atoms with Crippen LogP contribution in [0.15, 0.2) is 18.2 Å². The van der Waals surface area contributed by atoms with Crippen molar-refractivity contribution < 1.29 is 13.9 Å². The molecule has 0 bridgehead atoms. The predicted molar refractivity (Wildman–Crippen MR) is 45.1 cm³/mol. The maximum absolute atomic E-state index is 12.8. The molecule has 1 aromatic rings. The Hall–Kier alpha value is -1.22. The Kier molecular flexibility index (Phi) is 1.88. The van der Waals surface area contributed by atoms with Crippen LogP contribution in [0.5, 0.6) is 0 Å². The summed E-state index contributed by atoms with van der Waals surface area (Å²) in [4.78, 5) is 11.3. The molecule has 13 heavy (non-hydrogen) atoms. The van der Waals surface area contributed by atoms with Crippen LogP contribution in [0.25, 0.3) is 0 Å². The Labute approximate surface area is 75.3 Å². The van der Waals surface area contributed by atoms with Gasteiger partial charge in [0.05, 0.1) is 6.10 Å². The third kappa shape index (κ3) is 1.35. The largest absolute Gasteiger partial charge is 0.366 e. The van der Waals surface area contributed by atoms with Crippen molar-refractivity contribution in [2.45, 2.75) is 13.0 Å². The van der Waals surface area contributed by atoms with Gasteiger partial charge in [0.1, 0.15) is 12.4 Å². The number of ether oxygens (including phenoxy) is 1. The van der Waals surface area contributed by atoms with E-state index in [1.54, 1.807) is 6.07 Å². The number of fused-ring (bicyclic) bond motifs is 1. The quantitative estimate of drug-likeness (QED) is 0.611. The molecule has 0 N–H and O–H groups in total. The zero-order valence-corrected chi connectivity index (χ0v) is 7.21. The van der Waals surface area contributed by atoms with Crippen LogP contribution in [0.2, 0.25) is 0 Å². The molecule has 2 rings (SSSR count). The smallest absolute Gasteiger partial charge is 0.188 e. The standard InChI is InChI=1S/C10H9FO2/c1-6-8-3-2-7(11)4-9(8)10(12)5-13-6/h2-4,6H,5H2,1H3. The molecule has 0 radical (unpaired) electrons. The molecular formula is C10H9FO2. The highest BCUT2D eigenvalue weighted by Gasteiger charge is 2.23. The van der Waals surface area contributed by atoms with E-state index in [9.17, 15) is 9.18 Å². The SMILES string of the molecule is CC1OCC(=O)c2cc(F)ccc21. The van der Waals surface area contributed by atoms with E-state index in [1.165, 1.54) is 12.1 Å². The van der Waals surface area contributed by atoms with Crippen LogP contribution in [-0.2, 0) is 4.74 Å². The third-order valence-corrected chi connectivity index (χ3v) is 2.22. The van der Waals surface area contributed by atoms with Crippen LogP contribution < -0.4 is 0 Å². The minimum absolute atomic E-state index is 0.0532. The Balaban J connectivity index is 2.57. The van der Waals surface area contributed by atoms with Crippen molar-refractivity contribution in [3.8, 4) is 0 Å². The van der Waals surface area contributed by atoms with E-state index in [-0.39, 0.29) is 24.3 Å². The maximum Gasteiger partial charge on any atom is 0.188 e. The minimum Gasteiger partial charge on any atom is -0.366 e. The molecule has 1 heterocycles. The second-order valence-electron chi connectivity index (χ2n) is 3.11. The molecule has 0 fully saturated rings. The Morgan fingerprint density at radius 3 is 3.08 bits per heavy atom. The van der Waals surface area contributed by atoms with Gasteiger partial charge in [-0.2, -0.15) is 0 Å². The first kappa shape index (κ1) is 8.38.